The Morgan fingerprint density at radius 3 is 2.33 bits per heavy atom. The molecule has 3 aromatic rings. The van der Waals surface area contributed by atoms with E-state index >= 15 is 0 Å². The summed E-state index contributed by atoms with van der Waals surface area (Å²) in [7, 11) is 0. The summed E-state index contributed by atoms with van der Waals surface area (Å²) >= 11 is 4.38. The molecule has 0 radical (unpaired) electrons. The zero-order valence-electron chi connectivity index (χ0n) is 18.5. The van der Waals surface area contributed by atoms with E-state index in [2.05, 4.69) is 95.7 Å². The molecule has 0 saturated carbocycles. The number of aryl methyl sites for hydroxylation is 3. The molecule has 0 aliphatic rings. The van der Waals surface area contributed by atoms with Gasteiger partial charge in [0.05, 0.1) is 0 Å². The van der Waals surface area contributed by atoms with Gasteiger partial charge in [0.15, 0.2) is 0 Å². The Morgan fingerprint density at radius 2 is 1.70 bits per heavy atom. The van der Waals surface area contributed by atoms with Crippen LogP contribution in [0, 0.1) is 16.7 Å². The molecule has 2 heterocycles. The van der Waals surface area contributed by atoms with Crippen molar-refractivity contribution in [2.45, 2.75) is 44.0 Å². The van der Waals surface area contributed by atoms with Crippen LogP contribution in [0.3, 0.4) is 0 Å². The van der Waals surface area contributed by atoms with Gasteiger partial charge in [-0.1, -0.05) is 0 Å². The Bertz CT molecular complexity index is 941. The number of benzene rings is 1. The van der Waals surface area contributed by atoms with Crippen LogP contribution in [0.1, 0.15) is 23.6 Å². The Hall–Kier alpha value is -0.347. The fourth-order valence-corrected chi connectivity index (χ4v) is 13.1. The van der Waals surface area contributed by atoms with Crippen LogP contribution in [0.15, 0.2) is 36.4 Å². The maximum atomic E-state index is 5.73. The second-order valence-corrected chi connectivity index (χ2v) is 23.0. The second kappa shape index (κ2) is 11.0. The summed E-state index contributed by atoms with van der Waals surface area (Å²) in [6.07, 6.45) is 1.15. The first-order valence-electron chi connectivity index (χ1n) is 10.5. The number of halogens is 1. The normalized spacial score (nSPS) is 11.8. The van der Waals surface area contributed by atoms with Gasteiger partial charge in [0.2, 0.25) is 0 Å². The molecule has 0 atom stereocenters. The zero-order valence-corrected chi connectivity index (χ0v) is 24.4. The van der Waals surface area contributed by atoms with Gasteiger partial charge in [-0.15, -0.1) is 0 Å². The summed E-state index contributed by atoms with van der Waals surface area (Å²) in [6, 6.07) is 13.5. The monoisotopic (exact) mass is 616 g/mol. The molecule has 1 aromatic carbocycles. The number of hydrogen-bond donors (Lipinski definition) is 0. The fourth-order valence-electron chi connectivity index (χ4n) is 3.33. The van der Waals surface area contributed by atoms with E-state index in [0.717, 1.165) is 18.8 Å². The van der Waals surface area contributed by atoms with Crippen LogP contribution in [0.25, 0.3) is 9.75 Å². The van der Waals surface area contributed by atoms with E-state index in [1.807, 2.05) is 18.3 Å². The first-order chi connectivity index (χ1) is 14.3. The Balaban J connectivity index is 1.62. The van der Waals surface area contributed by atoms with Crippen molar-refractivity contribution < 1.29 is 9.47 Å². The standard InChI is InChI=1S/C24H31GeIO2S2/c1-6-27-13-14-28-20-9-7-19(8-10-20)11-12-25(4,5)22-16-17(2)23(30-22)21-15-18(3)24(26)29-21/h7-10,15-16H,6,11-14H2,1-5H3. The van der Waals surface area contributed by atoms with Gasteiger partial charge in [0.25, 0.3) is 0 Å². The van der Waals surface area contributed by atoms with Crippen molar-refractivity contribution in [3.63, 3.8) is 0 Å². The fraction of sp³-hybridized carbons (Fsp3) is 0.417. The maximum absolute atomic E-state index is 5.73. The van der Waals surface area contributed by atoms with E-state index < -0.39 is 13.3 Å². The minimum atomic E-state index is -2.06. The molecule has 30 heavy (non-hydrogen) atoms. The molecule has 0 N–H and O–H groups in total. The molecule has 0 unspecified atom stereocenters. The quantitative estimate of drug-likeness (QED) is 0.136. The van der Waals surface area contributed by atoms with Crippen LogP contribution in [0.5, 0.6) is 5.75 Å². The van der Waals surface area contributed by atoms with Gasteiger partial charge >= 0.3 is 207 Å². The predicted molar refractivity (Wildman–Crippen MR) is 144 cm³/mol. The van der Waals surface area contributed by atoms with Gasteiger partial charge in [0.1, 0.15) is 0 Å². The van der Waals surface area contributed by atoms with Crippen LogP contribution in [0.4, 0.5) is 0 Å². The van der Waals surface area contributed by atoms with Crippen LogP contribution >= 0.6 is 45.3 Å². The van der Waals surface area contributed by atoms with E-state index in [4.69, 9.17) is 9.47 Å². The molecule has 6 heteroatoms. The van der Waals surface area contributed by atoms with Gasteiger partial charge in [-0.25, -0.2) is 0 Å². The summed E-state index contributed by atoms with van der Waals surface area (Å²) < 4.78 is 14.1. The molecule has 2 aromatic heterocycles. The third-order valence-electron chi connectivity index (χ3n) is 5.33. The van der Waals surface area contributed by atoms with Crippen molar-refractivity contribution in [1.29, 1.82) is 0 Å². The molecule has 162 valence electrons. The van der Waals surface area contributed by atoms with Gasteiger partial charge in [-0.3, -0.25) is 0 Å². The summed E-state index contributed by atoms with van der Waals surface area (Å²) in [5.74, 6) is 6.05. The van der Waals surface area contributed by atoms with Crippen molar-refractivity contribution in [2.24, 2.45) is 0 Å². The van der Waals surface area contributed by atoms with Crippen molar-refractivity contribution >= 4 is 62.2 Å². The molecular weight excluding hydrogens is 584 g/mol. The van der Waals surface area contributed by atoms with Crippen LogP contribution in [0.2, 0.25) is 16.8 Å². The number of ether oxygens (including phenoxy) is 2. The van der Waals surface area contributed by atoms with Gasteiger partial charge in [-0.05, 0) is 0 Å². The second-order valence-electron chi connectivity index (χ2n) is 8.26. The van der Waals surface area contributed by atoms with Crippen LogP contribution in [-0.2, 0) is 11.2 Å². The first kappa shape index (κ1) is 24.3. The third-order valence-corrected chi connectivity index (χ3v) is 18.9. The molecule has 0 aliphatic carbocycles. The van der Waals surface area contributed by atoms with Crippen molar-refractivity contribution in [2.75, 3.05) is 19.8 Å². The molecule has 2 nitrogen and oxygen atoms in total. The van der Waals surface area contributed by atoms with E-state index in [-0.39, 0.29) is 0 Å². The van der Waals surface area contributed by atoms with E-state index in [0.29, 0.717) is 13.2 Å². The predicted octanol–water partition coefficient (Wildman–Crippen LogP) is 7.27. The van der Waals surface area contributed by atoms with Gasteiger partial charge < -0.3 is 0 Å². The summed E-state index contributed by atoms with van der Waals surface area (Å²) in [5, 5.41) is 1.31. The molecule has 0 saturated heterocycles. The van der Waals surface area contributed by atoms with Crippen molar-refractivity contribution in [3.05, 3.63) is 56.0 Å². The molecule has 0 amide bonds. The Kier molecular flexibility index (Phi) is 8.90. The molecule has 0 aliphatic heterocycles. The minimum absolute atomic E-state index is 0.610. The Labute approximate surface area is 205 Å². The molecule has 0 bridgehead atoms. The SMILES string of the molecule is CCOCCOc1ccc(C[CH2][Ge]([CH3])([CH3])[c]2cc(C)c(-c3cc(C)c(I)s3)s2)cc1. The van der Waals surface area contributed by atoms with E-state index in [1.165, 1.54) is 34.6 Å². The average molecular weight is 615 g/mol. The van der Waals surface area contributed by atoms with Crippen molar-refractivity contribution in [3.8, 4) is 15.5 Å². The van der Waals surface area contributed by atoms with Crippen LogP contribution < -0.4 is 8.45 Å². The zero-order chi connectivity index (χ0) is 21.7. The topological polar surface area (TPSA) is 18.5 Å². The van der Waals surface area contributed by atoms with Gasteiger partial charge in [-0.2, -0.15) is 0 Å². The first-order valence-corrected chi connectivity index (χ1v) is 19.9. The number of thiophene rings is 2. The van der Waals surface area contributed by atoms with E-state index in [9.17, 15) is 0 Å². The third kappa shape index (κ3) is 6.34. The summed E-state index contributed by atoms with van der Waals surface area (Å²) in [4.78, 5) is 2.91. The Morgan fingerprint density at radius 1 is 0.967 bits per heavy atom. The molecule has 0 spiro atoms. The van der Waals surface area contributed by atoms with E-state index in [1.54, 1.807) is 3.71 Å². The molecular formula is C24H31GeIO2S2. The molecule has 3 rings (SSSR count). The summed E-state index contributed by atoms with van der Waals surface area (Å²) in [5.41, 5.74) is 4.25. The van der Waals surface area contributed by atoms with Gasteiger partial charge in [0, 0.05) is 0 Å². The van der Waals surface area contributed by atoms with Crippen molar-refractivity contribution in [1.82, 2.24) is 0 Å². The summed E-state index contributed by atoms with van der Waals surface area (Å²) in [6.45, 7) is 8.48. The number of rotatable bonds is 10. The molecule has 0 fully saturated rings. The number of hydrogen-bond acceptors (Lipinski definition) is 4. The van der Waals surface area contributed by atoms with Crippen LogP contribution in [-0.4, -0.2) is 33.1 Å². The average Bonchev–Trinajstić information content (AvgIpc) is 3.27.